The fourth-order valence-corrected chi connectivity index (χ4v) is 6.41. The van der Waals surface area contributed by atoms with Crippen LogP contribution < -0.4 is 32.2 Å². The third-order valence-electron chi connectivity index (χ3n) is 7.70. The van der Waals surface area contributed by atoms with Gasteiger partial charge >= 0.3 is 0 Å². The monoisotopic (exact) mass is 689 g/mol. The van der Waals surface area contributed by atoms with E-state index in [1.165, 1.54) is 44.1 Å². The smallest absolute Gasteiger partial charge is 0.213 e. The number of anilines is 1. The lowest BCUT2D eigenvalue weighted by molar-refractivity contribution is -0.665. The second-order valence-electron chi connectivity index (χ2n) is 11.5. The first-order valence-electron chi connectivity index (χ1n) is 14.8. The number of aromatic nitrogens is 1. The van der Waals surface area contributed by atoms with E-state index in [1.807, 2.05) is 0 Å². The van der Waals surface area contributed by atoms with E-state index in [2.05, 4.69) is 167 Å². The third kappa shape index (κ3) is 6.73. The summed E-state index contributed by atoms with van der Waals surface area (Å²) < 4.78 is 2.31. The number of quaternary nitrogens is 1. The molecule has 0 spiro atoms. The van der Waals surface area contributed by atoms with Gasteiger partial charge in [-0.1, -0.05) is 88.7 Å². The van der Waals surface area contributed by atoms with Crippen molar-refractivity contribution in [3.63, 3.8) is 0 Å². The maximum Gasteiger partial charge on any atom is 0.213 e. The zero-order valence-corrected chi connectivity index (χ0v) is 28.4. The molecule has 0 bridgehead atoms. The number of hydrogen-bond donors (Lipinski definition) is 1. The van der Waals surface area contributed by atoms with E-state index in [4.69, 9.17) is 0 Å². The number of alkyl halides is 1. The first-order valence-corrected chi connectivity index (χ1v) is 15.9. The molecule has 0 amide bonds. The molecular weight excluding hydrogens is 648 g/mol. The van der Waals surface area contributed by atoms with Crippen LogP contribution in [-0.4, -0.2) is 35.4 Å². The molecular formula is C36H43Br2N4+. The molecule has 4 aromatic carbocycles. The Balaban J connectivity index is 0.000000170. The van der Waals surface area contributed by atoms with Gasteiger partial charge in [-0.05, 0) is 57.0 Å². The summed E-state index contributed by atoms with van der Waals surface area (Å²) in [5, 5.41) is 4.92. The molecule has 1 saturated heterocycles. The lowest BCUT2D eigenvalue weighted by Gasteiger charge is -2.39. The molecule has 220 valence electrons. The predicted molar refractivity (Wildman–Crippen MR) is 177 cm³/mol. The molecule has 1 aromatic heterocycles. The van der Waals surface area contributed by atoms with Gasteiger partial charge in [-0.15, -0.1) is 0 Å². The van der Waals surface area contributed by atoms with Crippen molar-refractivity contribution in [2.24, 2.45) is 0 Å². The van der Waals surface area contributed by atoms with Crippen molar-refractivity contribution in [1.82, 2.24) is 4.90 Å². The second-order valence-corrected chi connectivity index (χ2v) is 12.3. The highest BCUT2D eigenvalue weighted by molar-refractivity contribution is 9.09. The minimum absolute atomic E-state index is 0. The Hall–Kier alpha value is -2.77. The number of halogens is 2. The molecule has 7 rings (SSSR count). The number of pyridine rings is 1. The van der Waals surface area contributed by atoms with Crippen molar-refractivity contribution in [2.45, 2.75) is 52.5 Å². The zero-order valence-electron chi connectivity index (χ0n) is 25.2. The van der Waals surface area contributed by atoms with Crippen molar-refractivity contribution in [1.29, 1.82) is 0 Å². The Kier molecular flexibility index (Phi) is 11.2. The van der Waals surface area contributed by atoms with Crippen LogP contribution in [0.3, 0.4) is 0 Å². The van der Waals surface area contributed by atoms with Crippen molar-refractivity contribution in [3.05, 3.63) is 109 Å². The van der Waals surface area contributed by atoms with Gasteiger partial charge in [-0.2, -0.15) is 4.57 Å². The number of rotatable bonds is 3. The van der Waals surface area contributed by atoms with Crippen LogP contribution >= 0.6 is 15.9 Å². The minimum atomic E-state index is 0. The van der Waals surface area contributed by atoms with E-state index in [0.717, 1.165) is 25.0 Å². The van der Waals surface area contributed by atoms with Gasteiger partial charge in [-0.3, -0.25) is 4.90 Å². The summed E-state index contributed by atoms with van der Waals surface area (Å²) in [6, 6.07) is 36.0. The average molecular weight is 692 g/mol. The van der Waals surface area contributed by atoms with Gasteiger partial charge < -0.3 is 27.6 Å². The molecule has 0 saturated carbocycles. The Morgan fingerprint density at radius 2 is 1.38 bits per heavy atom. The van der Waals surface area contributed by atoms with Crippen molar-refractivity contribution >= 4 is 43.3 Å². The number of nitrogens with zero attached hydrogens (tertiary/aromatic N) is 3. The third-order valence-corrected chi connectivity index (χ3v) is 8.05. The van der Waals surface area contributed by atoms with Crippen LogP contribution in [0.5, 0.6) is 0 Å². The summed E-state index contributed by atoms with van der Waals surface area (Å²) in [4.78, 5) is 5.17. The zero-order chi connectivity index (χ0) is 28.9. The van der Waals surface area contributed by atoms with Gasteiger partial charge in [0, 0.05) is 47.2 Å². The summed E-state index contributed by atoms with van der Waals surface area (Å²) in [7, 11) is 0. The summed E-state index contributed by atoms with van der Waals surface area (Å²) in [6.07, 6.45) is 2.64. The molecule has 0 aliphatic carbocycles. The van der Waals surface area contributed by atoms with Crippen LogP contribution in [0.15, 0.2) is 103 Å². The molecule has 0 radical (unpaired) electrons. The van der Waals surface area contributed by atoms with Gasteiger partial charge in [0.15, 0.2) is 12.7 Å². The minimum Gasteiger partial charge on any atom is -1.00 e. The van der Waals surface area contributed by atoms with Crippen molar-refractivity contribution < 1.29 is 27.3 Å². The van der Waals surface area contributed by atoms with E-state index in [9.17, 15) is 0 Å². The van der Waals surface area contributed by atoms with E-state index < -0.39 is 0 Å². The topological polar surface area (TPSA) is 38.0 Å². The molecule has 2 aliphatic heterocycles. The summed E-state index contributed by atoms with van der Waals surface area (Å²) >= 11 is 3.52. The van der Waals surface area contributed by atoms with Gasteiger partial charge in [0.25, 0.3) is 0 Å². The first kappa shape index (κ1) is 32.2. The van der Waals surface area contributed by atoms with Crippen molar-refractivity contribution in [3.8, 4) is 11.1 Å². The highest BCUT2D eigenvalue weighted by Gasteiger charge is 2.39. The van der Waals surface area contributed by atoms with Crippen LogP contribution in [0.2, 0.25) is 0 Å². The van der Waals surface area contributed by atoms with Crippen molar-refractivity contribution in [2.75, 3.05) is 23.3 Å². The van der Waals surface area contributed by atoms with E-state index >= 15 is 0 Å². The highest BCUT2D eigenvalue weighted by atomic mass is 79.9. The lowest BCUT2D eigenvalue weighted by Crippen LogP contribution is -3.00. The van der Waals surface area contributed by atoms with Crippen LogP contribution in [0, 0.1) is 0 Å². The summed E-state index contributed by atoms with van der Waals surface area (Å²) in [5.74, 6) is 0. The number of benzene rings is 4. The second kappa shape index (κ2) is 14.6. The largest absolute Gasteiger partial charge is 1.00 e. The van der Waals surface area contributed by atoms with Gasteiger partial charge in [-0.25, -0.2) is 0 Å². The normalized spacial score (nSPS) is 15.2. The van der Waals surface area contributed by atoms with E-state index in [0.29, 0.717) is 18.2 Å². The molecule has 4 nitrogen and oxygen atoms in total. The fourth-order valence-electron chi connectivity index (χ4n) is 6.03. The maximum absolute atomic E-state index is 3.64. The number of fused-ring (bicyclic) bond motifs is 9. The molecule has 6 heteroatoms. The van der Waals surface area contributed by atoms with Crippen LogP contribution in [0.4, 0.5) is 5.69 Å². The number of hydrogen-bond acceptors (Lipinski definition) is 2. The molecule has 3 N–H and O–H groups in total. The van der Waals surface area contributed by atoms with Crippen LogP contribution in [-0.2, 0) is 6.54 Å². The number of aryl methyl sites for hydroxylation is 1. The molecule has 1 fully saturated rings. The Labute approximate surface area is 270 Å². The standard InChI is InChI=1S/C18H20N2.C15H13BrN.C3H9N.BrH/c1-13(2)19-11-12-20-17-10-6-5-8-15(17)14-7-3-4-9-16(14)18(19)20;16-9-10-17-11-12-5-1-2-6-13(12)14-7-3-4-8-15(14)17;1-3(2)4;/h3-10,13,18H,11-12H2,1-2H3;1-8,11H,9-10H2;3H,4H2,1-2H3;1H/q;+1;;. The molecule has 5 aromatic rings. The highest BCUT2D eigenvalue weighted by Crippen LogP contribution is 2.48. The average Bonchev–Trinajstić information content (AvgIpc) is 3.44. The van der Waals surface area contributed by atoms with Crippen LogP contribution in [0.1, 0.15) is 39.4 Å². The summed E-state index contributed by atoms with van der Waals surface area (Å²) in [6.45, 7) is 12.0. The molecule has 3 heterocycles. The number of para-hydroxylation sites is 2. The first-order chi connectivity index (χ1) is 19.9. The van der Waals surface area contributed by atoms with E-state index in [-0.39, 0.29) is 17.0 Å². The lowest BCUT2D eigenvalue weighted by atomic mass is 9.91. The Morgan fingerprint density at radius 3 is 2.10 bits per heavy atom. The van der Waals surface area contributed by atoms with Crippen LogP contribution in [0.25, 0.3) is 32.8 Å². The van der Waals surface area contributed by atoms with E-state index in [1.54, 1.807) is 0 Å². The van der Waals surface area contributed by atoms with Gasteiger partial charge in [0.1, 0.15) is 6.17 Å². The van der Waals surface area contributed by atoms with Gasteiger partial charge in [0.05, 0.1) is 16.8 Å². The SMILES string of the molecule is BrCC[n+]1cc2ccccc2c2ccccc21.CC(C)N1CCN2c3ccccc3-c3ccccc3C21.CC(C)[NH3+].[Br-]. The molecule has 2 aliphatic rings. The Morgan fingerprint density at radius 1 is 0.786 bits per heavy atom. The summed E-state index contributed by atoms with van der Waals surface area (Å²) in [5.41, 5.74) is 10.6. The quantitative estimate of drug-likeness (QED) is 0.175. The molecule has 42 heavy (non-hydrogen) atoms. The predicted octanol–water partition coefficient (Wildman–Crippen LogP) is 4.21. The fraction of sp³-hybridized carbons (Fsp3) is 0.306. The maximum atomic E-state index is 3.64. The Bertz CT molecular complexity index is 1610. The molecule has 1 atom stereocenters. The van der Waals surface area contributed by atoms with Gasteiger partial charge in [0.2, 0.25) is 5.52 Å². The molecule has 1 unspecified atom stereocenters.